The molecule has 0 fully saturated rings. The van der Waals surface area contributed by atoms with Crippen LogP contribution in [0.2, 0.25) is 0 Å². The van der Waals surface area contributed by atoms with Crippen LogP contribution in [-0.2, 0) is 4.74 Å². The Bertz CT molecular complexity index is 1170. The van der Waals surface area contributed by atoms with E-state index in [1.54, 1.807) is 0 Å². The van der Waals surface area contributed by atoms with E-state index in [9.17, 15) is 9.59 Å². The summed E-state index contributed by atoms with van der Waals surface area (Å²) >= 11 is 0. The van der Waals surface area contributed by atoms with Crippen LogP contribution >= 0.6 is 7.26 Å². The number of aromatic amines is 1. The molecule has 1 N–H and O–H groups in total. The maximum absolute atomic E-state index is 12.5. The van der Waals surface area contributed by atoms with Gasteiger partial charge in [-0.25, -0.2) is 4.79 Å². The fourth-order valence-corrected chi connectivity index (χ4v) is 8.75. The highest BCUT2D eigenvalue weighted by Crippen LogP contribution is 2.56. The molecular weight excluding hydrogens is 443 g/mol. The quantitative estimate of drug-likeness (QED) is 0.377. The van der Waals surface area contributed by atoms with Crippen LogP contribution in [0, 0.1) is 0 Å². The number of H-pyrrole nitrogens is 1. The first-order valence-corrected chi connectivity index (χ1v) is 13.4. The lowest BCUT2D eigenvalue weighted by Crippen LogP contribution is -2.35. The van der Waals surface area contributed by atoms with E-state index in [1.807, 2.05) is 13.8 Å². The molecule has 1 heterocycles. The molecule has 5 nitrogen and oxygen atoms in total. The standard InChI is InChI=1S/C28H29N2O3P/c1-28(2,33-27(32)30-21-19-26(31)29-30)20-12-22-34(23-13-6-3-7-14-23,24-15-8-4-9-16-24)25-17-10-5-11-18-25/h3-11,13-19,21H,12,20,22H2,1-2H3/p+1. The Morgan fingerprint density at radius 1 is 0.824 bits per heavy atom. The maximum atomic E-state index is 12.5. The van der Waals surface area contributed by atoms with Gasteiger partial charge in [0.1, 0.15) is 28.8 Å². The average molecular weight is 474 g/mol. The molecule has 0 aliphatic carbocycles. The molecule has 6 heteroatoms. The van der Waals surface area contributed by atoms with Gasteiger partial charge < -0.3 is 4.74 Å². The van der Waals surface area contributed by atoms with Crippen molar-refractivity contribution in [2.24, 2.45) is 0 Å². The molecule has 4 rings (SSSR count). The van der Waals surface area contributed by atoms with Gasteiger partial charge in [0.15, 0.2) is 0 Å². The summed E-state index contributed by atoms with van der Waals surface area (Å²) in [5.74, 6) is 0. The molecule has 174 valence electrons. The van der Waals surface area contributed by atoms with Gasteiger partial charge in [-0.1, -0.05) is 54.6 Å². The molecule has 0 saturated carbocycles. The van der Waals surface area contributed by atoms with Gasteiger partial charge in [0.25, 0.3) is 5.56 Å². The van der Waals surface area contributed by atoms with E-state index in [1.165, 1.54) is 28.2 Å². The van der Waals surface area contributed by atoms with Crippen molar-refractivity contribution in [1.29, 1.82) is 0 Å². The first-order chi connectivity index (χ1) is 16.4. The van der Waals surface area contributed by atoms with Crippen LogP contribution in [0.3, 0.4) is 0 Å². The lowest BCUT2D eigenvalue weighted by atomic mass is 10.0. The Morgan fingerprint density at radius 3 is 1.71 bits per heavy atom. The summed E-state index contributed by atoms with van der Waals surface area (Å²) in [6.45, 7) is 3.83. The number of hydrogen-bond acceptors (Lipinski definition) is 3. The molecule has 0 aliphatic heterocycles. The van der Waals surface area contributed by atoms with Gasteiger partial charge in [0.05, 0.1) is 6.16 Å². The number of nitrogens with zero attached hydrogens (tertiary/aromatic N) is 1. The molecule has 1 aromatic heterocycles. The minimum atomic E-state index is -1.92. The van der Waals surface area contributed by atoms with Crippen LogP contribution in [0.15, 0.2) is 108 Å². The minimum absolute atomic E-state index is 0.335. The Labute approximate surface area is 200 Å². The first kappa shape index (κ1) is 23.7. The van der Waals surface area contributed by atoms with Crippen molar-refractivity contribution >= 4 is 29.3 Å². The third-order valence-corrected chi connectivity index (χ3v) is 10.6. The summed E-state index contributed by atoms with van der Waals surface area (Å²) in [6.07, 6.45) is 3.32. The molecule has 0 bridgehead atoms. The highest BCUT2D eigenvalue weighted by Gasteiger charge is 2.45. The van der Waals surface area contributed by atoms with Crippen molar-refractivity contribution < 1.29 is 9.53 Å². The molecule has 4 aromatic rings. The van der Waals surface area contributed by atoms with Crippen LogP contribution in [0.4, 0.5) is 4.79 Å². The normalized spacial score (nSPS) is 11.8. The number of aromatic nitrogens is 2. The van der Waals surface area contributed by atoms with Crippen molar-refractivity contribution in [3.8, 4) is 0 Å². The summed E-state index contributed by atoms with van der Waals surface area (Å²) in [5, 5.41) is 6.46. The predicted octanol–water partition coefficient (Wildman–Crippen LogP) is 4.71. The average Bonchev–Trinajstić information content (AvgIpc) is 3.30. The van der Waals surface area contributed by atoms with Crippen molar-refractivity contribution in [3.05, 3.63) is 114 Å². The first-order valence-electron chi connectivity index (χ1n) is 11.5. The van der Waals surface area contributed by atoms with Gasteiger partial charge in [-0.2, -0.15) is 4.68 Å². The number of rotatable bonds is 8. The van der Waals surface area contributed by atoms with E-state index < -0.39 is 19.0 Å². The van der Waals surface area contributed by atoms with Crippen molar-refractivity contribution in [2.45, 2.75) is 32.3 Å². The largest absolute Gasteiger partial charge is 0.442 e. The fourth-order valence-electron chi connectivity index (χ4n) is 4.40. The predicted molar refractivity (Wildman–Crippen MR) is 140 cm³/mol. The van der Waals surface area contributed by atoms with Gasteiger partial charge in [0, 0.05) is 12.3 Å². The summed E-state index contributed by atoms with van der Waals surface area (Å²) in [6, 6.07) is 33.6. The number of nitrogens with one attached hydrogen (secondary N) is 1. The molecule has 0 saturated heterocycles. The van der Waals surface area contributed by atoms with E-state index in [4.69, 9.17) is 4.74 Å². The van der Waals surface area contributed by atoms with Crippen molar-refractivity contribution in [3.63, 3.8) is 0 Å². The second kappa shape index (κ2) is 10.2. The zero-order chi connectivity index (χ0) is 24.0. The summed E-state index contributed by atoms with van der Waals surface area (Å²) < 4.78 is 6.82. The monoisotopic (exact) mass is 473 g/mol. The molecule has 3 aromatic carbocycles. The number of hydrogen-bond donors (Lipinski definition) is 1. The van der Waals surface area contributed by atoms with Crippen LogP contribution in [0.25, 0.3) is 0 Å². The molecule has 0 spiro atoms. The van der Waals surface area contributed by atoms with Gasteiger partial charge in [0.2, 0.25) is 0 Å². The Balaban J connectivity index is 1.63. The Hall–Kier alpha value is -3.43. The molecular formula is C28H30N2O3P+. The van der Waals surface area contributed by atoms with Crippen LogP contribution < -0.4 is 21.5 Å². The molecule has 0 radical (unpaired) electrons. The third kappa shape index (κ3) is 5.21. The van der Waals surface area contributed by atoms with Gasteiger partial charge in [-0.3, -0.25) is 9.89 Å². The summed E-state index contributed by atoms with van der Waals surface area (Å²) in [4.78, 5) is 23.8. The second-order valence-corrected chi connectivity index (χ2v) is 12.5. The highest BCUT2D eigenvalue weighted by molar-refractivity contribution is 7.95. The van der Waals surface area contributed by atoms with Gasteiger partial charge in [-0.05, 0) is 63.1 Å². The van der Waals surface area contributed by atoms with E-state index in [-0.39, 0.29) is 5.56 Å². The Morgan fingerprint density at radius 2 is 1.29 bits per heavy atom. The van der Waals surface area contributed by atoms with Crippen molar-refractivity contribution in [1.82, 2.24) is 9.78 Å². The zero-order valence-corrected chi connectivity index (χ0v) is 20.4. The maximum Gasteiger partial charge on any atom is 0.433 e. The van der Waals surface area contributed by atoms with Gasteiger partial charge in [-0.15, -0.1) is 0 Å². The fraction of sp³-hybridized carbons (Fsp3) is 0.214. The van der Waals surface area contributed by atoms with Crippen LogP contribution in [0.1, 0.15) is 26.7 Å². The highest BCUT2D eigenvalue weighted by atomic mass is 31.2. The lowest BCUT2D eigenvalue weighted by molar-refractivity contribution is 0.0313. The topological polar surface area (TPSA) is 64.1 Å². The van der Waals surface area contributed by atoms with Crippen LogP contribution in [-0.4, -0.2) is 27.6 Å². The summed E-state index contributed by atoms with van der Waals surface area (Å²) in [5.41, 5.74) is -1.02. The second-order valence-electron chi connectivity index (χ2n) is 8.93. The molecule has 0 unspecified atom stereocenters. The molecule has 0 atom stereocenters. The number of carbonyl (C=O) groups is 1. The van der Waals surface area contributed by atoms with E-state index in [0.717, 1.165) is 17.3 Å². The van der Waals surface area contributed by atoms with Crippen LogP contribution in [0.5, 0.6) is 0 Å². The number of ether oxygens (including phenoxy) is 1. The minimum Gasteiger partial charge on any atom is -0.442 e. The Kier molecular flexibility index (Phi) is 7.14. The summed E-state index contributed by atoms with van der Waals surface area (Å²) in [7, 11) is -1.92. The SMILES string of the molecule is CC(C)(CCC[P+](c1ccccc1)(c1ccccc1)c1ccccc1)OC(=O)n1ccc(=O)[nH]1. The molecule has 0 aliphatic rings. The molecule has 0 amide bonds. The van der Waals surface area contributed by atoms with Gasteiger partial charge >= 0.3 is 6.09 Å². The van der Waals surface area contributed by atoms with E-state index in [0.29, 0.717) is 6.42 Å². The number of benzene rings is 3. The van der Waals surface area contributed by atoms with E-state index >= 15 is 0 Å². The lowest BCUT2D eigenvalue weighted by Gasteiger charge is -2.30. The smallest absolute Gasteiger partial charge is 0.433 e. The van der Waals surface area contributed by atoms with E-state index in [2.05, 4.69) is 96.1 Å². The van der Waals surface area contributed by atoms with Crippen molar-refractivity contribution in [2.75, 3.05) is 6.16 Å². The third-order valence-electron chi connectivity index (χ3n) is 6.03. The zero-order valence-electron chi connectivity index (χ0n) is 19.6. The number of carbonyl (C=O) groups excluding carboxylic acids is 1. The molecule has 34 heavy (non-hydrogen) atoms.